The van der Waals surface area contributed by atoms with Gasteiger partial charge in [0.2, 0.25) is 0 Å². The van der Waals surface area contributed by atoms with Crippen molar-refractivity contribution in [3.05, 3.63) is 58.9 Å². The Morgan fingerprint density at radius 1 is 1.35 bits per heavy atom. The number of benzene rings is 1. The summed E-state index contributed by atoms with van der Waals surface area (Å²) < 4.78 is 0. The molecule has 0 atom stereocenters. The number of nitrogen functional groups attached to an aromatic ring is 1. The number of anilines is 1. The molecular formula is C15H17N3O2. The SMILES string of the molecule is Cc1ncc(N)cc1C(=O)NCc1cccc(CO)c1. The van der Waals surface area contributed by atoms with Gasteiger partial charge in [-0.15, -0.1) is 0 Å². The number of aliphatic hydroxyl groups excluding tert-OH is 1. The Bertz CT molecular complexity index is 626. The molecule has 104 valence electrons. The van der Waals surface area contributed by atoms with E-state index in [2.05, 4.69) is 10.3 Å². The molecule has 5 nitrogen and oxygen atoms in total. The lowest BCUT2D eigenvalue weighted by Gasteiger charge is -2.08. The molecule has 0 saturated heterocycles. The fraction of sp³-hybridized carbons (Fsp3) is 0.200. The molecule has 0 aliphatic heterocycles. The highest BCUT2D eigenvalue weighted by atomic mass is 16.3. The summed E-state index contributed by atoms with van der Waals surface area (Å²) in [6.07, 6.45) is 1.52. The van der Waals surface area contributed by atoms with E-state index in [1.165, 1.54) is 6.20 Å². The Kier molecular flexibility index (Phi) is 4.32. The maximum absolute atomic E-state index is 12.1. The predicted octanol–water partition coefficient (Wildman–Crippen LogP) is 1.39. The monoisotopic (exact) mass is 271 g/mol. The first-order valence-electron chi connectivity index (χ1n) is 6.29. The zero-order valence-corrected chi connectivity index (χ0v) is 11.3. The molecule has 0 spiro atoms. The lowest BCUT2D eigenvalue weighted by Crippen LogP contribution is -2.24. The minimum atomic E-state index is -0.211. The number of nitrogens with two attached hydrogens (primary N) is 1. The average Bonchev–Trinajstić information content (AvgIpc) is 2.47. The summed E-state index contributed by atoms with van der Waals surface area (Å²) in [5.74, 6) is -0.211. The second-order valence-corrected chi connectivity index (χ2v) is 4.56. The van der Waals surface area contributed by atoms with Crippen LogP contribution in [0.25, 0.3) is 0 Å². The molecule has 2 aromatic rings. The molecule has 0 radical (unpaired) electrons. The highest BCUT2D eigenvalue weighted by Crippen LogP contribution is 2.10. The molecule has 0 aliphatic carbocycles. The van der Waals surface area contributed by atoms with Crippen molar-refractivity contribution in [1.82, 2.24) is 10.3 Å². The lowest BCUT2D eigenvalue weighted by molar-refractivity contribution is 0.0950. The topological polar surface area (TPSA) is 88.2 Å². The fourth-order valence-electron chi connectivity index (χ4n) is 1.89. The van der Waals surface area contributed by atoms with Crippen LogP contribution in [0.3, 0.4) is 0 Å². The number of rotatable bonds is 4. The van der Waals surface area contributed by atoms with Gasteiger partial charge in [-0.05, 0) is 24.1 Å². The van der Waals surface area contributed by atoms with Crippen molar-refractivity contribution in [3.63, 3.8) is 0 Å². The third-order valence-corrected chi connectivity index (χ3v) is 2.98. The standard InChI is InChI=1S/C15H17N3O2/c1-10-14(6-13(16)8-17-10)15(20)18-7-11-3-2-4-12(5-11)9-19/h2-6,8,19H,7,9,16H2,1H3,(H,18,20). The second kappa shape index (κ2) is 6.16. The van der Waals surface area contributed by atoms with Crippen molar-refractivity contribution < 1.29 is 9.90 Å². The van der Waals surface area contributed by atoms with E-state index < -0.39 is 0 Å². The molecule has 4 N–H and O–H groups in total. The number of aromatic nitrogens is 1. The van der Waals surface area contributed by atoms with Crippen molar-refractivity contribution in [2.75, 3.05) is 5.73 Å². The van der Waals surface area contributed by atoms with E-state index in [0.717, 1.165) is 11.1 Å². The number of pyridine rings is 1. The third kappa shape index (κ3) is 3.33. The number of aliphatic hydroxyl groups is 1. The molecular weight excluding hydrogens is 254 g/mol. The summed E-state index contributed by atoms with van der Waals surface area (Å²) >= 11 is 0. The van der Waals surface area contributed by atoms with Gasteiger partial charge in [0.1, 0.15) is 0 Å². The lowest BCUT2D eigenvalue weighted by atomic mass is 10.1. The molecule has 2 rings (SSSR count). The van der Waals surface area contributed by atoms with Crippen LogP contribution in [-0.2, 0) is 13.2 Å². The van der Waals surface area contributed by atoms with Crippen molar-refractivity contribution in [2.45, 2.75) is 20.1 Å². The van der Waals surface area contributed by atoms with Gasteiger partial charge < -0.3 is 16.2 Å². The molecule has 0 saturated carbocycles. The highest BCUT2D eigenvalue weighted by molar-refractivity contribution is 5.95. The number of carbonyl (C=O) groups excluding carboxylic acids is 1. The number of nitrogens with zero attached hydrogens (tertiary/aromatic N) is 1. The Morgan fingerprint density at radius 3 is 2.85 bits per heavy atom. The summed E-state index contributed by atoms with van der Waals surface area (Å²) in [6, 6.07) is 9.04. The van der Waals surface area contributed by atoms with E-state index in [1.807, 2.05) is 24.3 Å². The summed E-state index contributed by atoms with van der Waals surface area (Å²) in [5.41, 5.74) is 8.96. The van der Waals surface area contributed by atoms with Gasteiger partial charge in [-0.1, -0.05) is 24.3 Å². The van der Waals surface area contributed by atoms with Crippen molar-refractivity contribution in [3.8, 4) is 0 Å². The molecule has 0 unspecified atom stereocenters. The van der Waals surface area contributed by atoms with Crippen LogP contribution in [0.4, 0.5) is 5.69 Å². The van der Waals surface area contributed by atoms with Crippen molar-refractivity contribution in [2.24, 2.45) is 0 Å². The van der Waals surface area contributed by atoms with Crippen LogP contribution in [0.1, 0.15) is 27.2 Å². The molecule has 0 aliphatic rings. The Labute approximate surface area is 117 Å². The smallest absolute Gasteiger partial charge is 0.253 e. The van der Waals surface area contributed by atoms with Gasteiger partial charge in [0.25, 0.3) is 5.91 Å². The number of hydrogen-bond acceptors (Lipinski definition) is 4. The molecule has 20 heavy (non-hydrogen) atoms. The summed E-state index contributed by atoms with van der Waals surface area (Å²) in [7, 11) is 0. The summed E-state index contributed by atoms with van der Waals surface area (Å²) in [4.78, 5) is 16.2. The van der Waals surface area contributed by atoms with Gasteiger partial charge in [-0.25, -0.2) is 0 Å². The number of aryl methyl sites for hydroxylation is 1. The number of carbonyl (C=O) groups is 1. The maximum Gasteiger partial charge on any atom is 0.253 e. The van der Waals surface area contributed by atoms with E-state index in [-0.39, 0.29) is 12.5 Å². The Hall–Kier alpha value is -2.40. The van der Waals surface area contributed by atoms with E-state index in [0.29, 0.717) is 23.5 Å². The first-order valence-corrected chi connectivity index (χ1v) is 6.29. The molecule has 0 fully saturated rings. The van der Waals surface area contributed by atoms with E-state index in [1.54, 1.807) is 13.0 Å². The summed E-state index contributed by atoms with van der Waals surface area (Å²) in [6.45, 7) is 2.14. The second-order valence-electron chi connectivity index (χ2n) is 4.56. The quantitative estimate of drug-likeness (QED) is 0.784. The van der Waals surface area contributed by atoms with Gasteiger partial charge in [0, 0.05) is 6.54 Å². The van der Waals surface area contributed by atoms with Gasteiger partial charge in [0.15, 0.2) is 0 Å². The summed E-state index contributed by atoms with van der Waals surface area (Å²) in [5, 5.41) is 11.9. The fourth-order valence-corrected chi connectivity index (χ4v) is 1.89. The molecule has 5 heteroatoms. The van der Waals surface area contributed by atoms with Crippen LogP contribution in [-0.4, -0.2) is 16.0 Å². The van der Waals surface area contributed by atoms with Gasteiger partial charge >= 0.3 is 0 Å². The molecule has 1 aromatic heterocycles. The van der Waals surface area contributed by atoms with E-state index in [9.17, 15) is 4.79 Å². The van der Waals surface area contributed by atoms with Crippen molar-refractivity contribution >= 4 is 11.6 Å². The Balaban J connectivity index is 2.06. The number of amides is 1. The van der Waals surface area contributed by atoms with Crippen LogP contribution in [0.5, 0.6) is 0 Å². The average molecular weight is 271 g/mol. The molecule has 1 amide bonds. The first kappa shape index (κ1) is 14.0. The zero-order chi connectivity index (χ0) is 14.5. The molecule has 0 bridgehead atoms. The number of hydrogen-bond donors (Lipinski definition) is 3. The first-order chi connectivity index (χ1) is 9.60. The van der Waals surface area contributed by atoms with Gasteiger partial charge in [-0.3, -0.25) is 9.78 Å². The van der Waals surface area contributed by atoms with Crippen LogP contribution in [0.2, 0.25) is 0 Å². The van der Waals surface area contributed by atoms with Gasteiger partial charge in [0.05, 0.1) is 29.7 Å². The van der Waals surface area contributed by atoms with Crippen LogP contribution in [0, 0.1) is 6.92 Å². The maximum atomic E-state index is 12.1. The van der Waals surface area contributed by atoms with Crippen LogP contribution < -0.4 is 11.1 Å². The van der Waals surface area contributed by atoms with Crippen LogP contribution in [0.15, 0.2) is 36.5 Å². The number of nitrogens with one attached hydrogen (secondary N) is 1. The predicted molar refractivity (Wildman–Crippen MR) is 76.9 cm³/mol. The Morgan fingerprint density at radius 2 is 2.10 bits per heavy atom. The van der Waals surface area contributed by atoms with E-state index in [4.69, 9.17) is 10.8 Å². The van der Waals surface area contributed by atoms with Gasteiger partial charge in [-0.2, -0.15) is 0 Å². The highest BCUT2D eigenvalue weighted by Gasteiger charge is 2.10. The largest absolute Gasteiger partial charge is 0.397 e. The third-order valence-electron chi connectivity index (χ3n) is 2.98. The zero-order valence-electron chi connectivity index (χ0n) is 11.3. The van der Waals surface area contributed by atoms with Crippen LogP contribution >= 0.6 is 0 Å². The van der Waals surface area contributed by atoms with Crippen molar-refractivity contribution in [1.29, 1.82) is 0 Å². The van der Waals surface area contributed by atoms with E-state index >= 15 is 0 Å². The normalized spacial score (nSPS) is 10.3. The minimum Gasteiger partial charge on any atom is -0.397 e. The molecule has 1 heterocycles. The minimum absolute atomic E-state index is 0.0139. The molecule has 1 aromatic carbocycles.